The predicted molar refractivity (Wildman–Crippen MR) is 140 cm³/mol. The summed E-state index contributed by atoms with van der Waals surface area (Å²) in [7, 11) is 2.97. The van der Waals surface area contributed by atoms with Gasteiger partial charge >= 0.3 is 0 Å². The molecule has 0 aliphatic carbocycles. The van der Waals surface area contributed by atoms with Crippen LogP contribution in [-0.2, 0) is 9.59 Å². The Morgan fingerprint density at radius 2 is 1.78 bits per heavy atom. The number of aromatic amines is 1. The number of methoxy groups -OCH3 is 2. The van der Waals surface area contributed by atoms with Gasteiger partial charge < -0.3 is 24.3 Å². The molecule has 188 valence electrons. The van der Waals surface area contributed by atoms with E-state index >= 15 is 0 Å². The van der Waals surface area contributed by atoms with Crippen LogP contribution in [0.5, 0.6) is 17.2 Å². The SMILES string of the molecule is CCOc1cccc(N2C(=O)C(=O)/C(=C(/O)c3cc(OC)ccc3OC)C2c2c[nH]c3ccccc23)c1. The highest BCUT2D eigenvalue weighted by Gasteiger charge is 2.48. The van der Waals surface area contributed by atoms with E-state index in [2.05, 4.69) is 4.98 Å². The molecule has 0 bridgehead atoms. The number of para-hydroxylation sites is 1. The number of nitrogens with zero attached hydrogens (tertiary/aromatic N) is 1. The van der Waals surface area contributed by atoms with Gasteiger partial charge in [0, 0.05) is 34.4 Å². The zero-order chi connectivity index (χ0) is 26.1. The predicted octanol–water partition coefficient (Wildman–Crippen LogP) is 5.21. The number of aromatic nitrogens is 1. The second-order valence-electron chi connectivity index (χ2n) is 8.46. The van der Waals surface area contributed by atoms with E-state index in [0.29, 0.717) is 35.1 Å². The van der Waals surface area contributed by atoms with Crippen LogP contribution in [0, 0.1) is 0 Å². The van der Waals surface area contributed by atoms with E-state index < -0.39 is 17.7 Å². The lowest BCUT2D eigenvalue weighted by molar-refractivity contribution is -0.132. The molecule has 2 heterocycles. The van der Waals surface area contributed by atoms with Gasteiger partial charge in [0.2, 0.25) is 0 Å². The molecular weight excluding hydrogens is 472 g/mol. The van der Waals surface area contributed by atoms with Gasteiger partial charge in [-0.1, -0.05) is 24.3 Å². The smallest absolute Gasteiger partial charge is 0.300 e. The molecule has 1 amide bonds. The number of anilines is 1. The minimum atomic E-state index is -0.913. The van der Waals surface area contributed by atoms with Crippen molar-refractivity contribution in [3.05, 3.63) is 89.6 Å². The third kappa shape index (κ3) is 4.06. The van der Waals surface area contributed by atoms with E-state index in [1.54, 1.807) is 48.7 Å². The molecule has 5 rings (SSSR count). The summed E-state index contributed by atoms with van der Waals surface area (Å²) in [5, 5.41) is 12.4. The summed E-state index contributed by atoms with van der Waals surface area (Å²) < 4.78 is 16.4. The first kappa shape index (κ1) is 24.0. The van der Waals surface area contributed by atoms with Gasteiger partial charge in [0.25, 0.3) is 11.7 Å². The van der Waals surface area contributed by atoms with Crippen LogP contribution in [0.2, 0.25) is 0 Å². The van der Waals surface area contributed by atoms with Crippen molar-refractivity contribution < 1.29 is 28.9 Å². The molecule has 0 radical (unpaired) electrons. The Morgan fingerprint density at radius 3 is 2.54 bits per heavy atom. The average molecular weight is 499 g/mol. The quantitative estimate of drug-likeness (QED) is 0.206. The van der Waals surface area contributed by atoms with Crippen molar-refractivity contribution in [3.63, 3.8) is 0 Å². The van der Waals surface area contributed by atoms with Crippen molar-refractivity contribution in [2.45, 2.75) is 13.0 Å². The van der Waals surface area contributed by atoms with Crippen molar-refractivity contribution in [2.24, 2.45) is 0 Å². The van der Waals surface area contributed by atoms with Crippen LogP contribution in [0.25, 0.3) is 16.7 Å². The normalized spacial score (nSPS) is 16.8. The zero-order valence-electron chi connectivity index (χ0n) is 20.6. The molecule has 1 saturated heterocycles. The fraction of sp³-hybridized carbons (Fsp3) is 0.172. The molecular formula is C29H26N2O6. The number of amides is 1. The Hall–Kier alpha value is -4.72. The number of aliphatic hydroxyl groups excluding tert-OH is 1. The Balaban J connectivity index is 1.78. The molecule has 0 saturated carbocycles. The first-order valence-corrected chi connectivity index (χ1v) is 11.8. The summed E-state index contributed by atoms with van der Waals surface area (Å²) in [5.41, 5.74) is 2.17. The first-order valence-electron chi connectivity index (χ1n) is 11.8. The first-order chi connectivity index (χ1) is 18.0. The average Bonchev–Trinajstić information content (AvgIpc) is 3.46. The summed E-state index contributed by atoms with van der Waals surface area (Å²) in [5.74, 6) is -0.557. The lowest BCUT2D eigenvalue weighted by Gasteiger charge is -2.25. The second kappa shape index (κ2) is 9.73. The number of hydrogen-bond donors (Lipinski definition) is 2. The number of benzene rings is 3. The van der Waals surface area contributed by atoms with Crippen LogP contribution in [-0.4, -0.2) is 42.6 Å². The van der Waals surface area contributed by atoms with Gasteiger partial charge in [-0.15, -0.1) is 0 Å². The maximum absolute atomic E-state index is 13.6. The molecule has 1 aliphatic heterocycles. The van der Waals surface area contributed by atoms with Crippen molar-refractivity contribution >= 4 is 34.0 Å². The fourth-order valence-corrected chi connectivity index (χ4v) is 4.75. The third-order valence-corrected chi connectivity index (χ3v) is 6.43. The van der Waals surface area contributed by atoms with E-state index in [1.807, 2.05) is 31.2 Å². The summed E-state index contributed by atoms with van der Waals surface area (Å²) in [6.07, 6.45) is 1.76. The van der Waals surface area contributed by atoms with Gasteiger partial charge in [-0.05, 0) is 43.3 Å². The molecule has 3 aromatic carbocycles. The van der Waals surface area contributed by atoms with E-state index in [-0.39, 0.29) is 16.9 Å². The van der Waals surface area contributed by atoms with E-state index in [0.717, 1.165) is 10.9 Å². The number of nitrogens with one attached hydrogen (secondary N) is 1. The zero-order valence-corrected chi connectivity index (χ0v) is 20.6. The van der Waals surface area contributed by atoms with Gasteiger partial charge in [0.15, 0.2) is 0 Å². The molecule has 4 aromatic rings. The maximum atomic E-state index is 13.6. The van der Waals surface area contributed by atoms with Crippen molar-refractivity contribution in [1.29, 1.82) is 0 Å². The van der Waals surface area contributed by atoms with E-state index in [4.69, 9.17) is 14.2 Å². The number of ketones is 1. The van der Waals surface area contributed by atoms with Gasteiger partial charge in [-0.3, -0.25) is 14.5 Å². The molecule has 0 spiro atoms. The Morgan fingerprint density at radius 1 is 0.973 bits per heavy atom. The Labute approximate surface area is 213 Å². The molecule has 1 unspecified atom stereocenters. The van der Waals surface area contributed by atoms with Crippen LogP contribution in [0.1, 0.15) is 24.1 Å². The topological polar surface area (TPSA) is 101 Å². The van der Waals surface area contributed by atoms with Crippen molar-refractivity contribution in [2.75, 3.05) is 25.7 Å². The molecule has 1 fully saturated rings. The van der Waals surface area contributed by atoms with Crippen LogP contribution < -0.4 is 19.1 Å². The summed E-state index contributed by atoms with van der Waals surface area (Å²) >= 11 is 0. The monoisotopic (exact) mass is 498 g/mol. The minimum Gasteiger partial charge on any atom is -0.507 e. The minimum absolute atomic E-state index is 0.0527. The van der Waals surface area contributed by atoms with Crippen molar-refractivity contribution in [3.8, 4) is 17.2 Å². The van der Waals surface area contributed by atoms with Crippen LogP contribution >= 0.6 is 0 Å². The highest BCUT2D eigenvalue weighted by atomic mass is 16.5. The Bertz CT molecular complexity index is 1540. The molecule has 8 nitrogen and oxygen atoms in total. The summed E-state index contributed by atoms with van der Waals surface area (Å²) in [6, 6.07) is 18.6. The highest BCUT2D eigenvalue weighted by molar-refractivity contribution is 6.52. The number of carbonyl (C=O) groups excluding carboxylic acids is 2. The molecule has 1 aromatic heterocycles. The molecule has 37 heavy (non-hydrogen) atoms. The molecule has 8 heteroatoms. The van der Waals surface area contributed by atoms with Gasteiger partial charge in [0.1, 0.15) is 23.0 Å². The Kier molecular flexibility index (Phi) is 6.31. The molecule has 1 atom stereocenters. The number of rotatable bonds is 7. The van der Waals surface area contributed by atoms with E-state index in [9.17, 15) is 14.7 Å². The third-order valence-electron chi connectivity index (χ3n) is 6.43. The molecule has 1 aliphatic rings. The van der Waals surface area contributed by atoms with Crippen LogP contribution in [0.15, 0.2) is 78.5 Å². The number of Topliss-reactive ketones (excluding diaryl/α,β-unsaturated/α-hetero) is 1. The van der Waals surface area contributed by atoms with Gasteiger partial charge in [-0.25, -0.2) is 0 Å². The fourth-order valence-electron chi connectivity index (χ4n) is 4.75. The van der Waals surface area contributed by atoms with E-state index in [1.165, 1.54) is 19.1 Å². The number of ether oxygens (including phenoxy) is 3. The number of carbonyl (C=O) groups is 2. The number of fused-ring (bicyclic) bond motifs is 1. The number of hydrogen-bond acceptors (Lipinski definition) is 6. The largest absolute Gasteiger partial charge is 0.507 e. The lowest BCUT2D eigenvalue weighted by atomic mass is 9.94. The number of H-pyrrole nitrogens is 1. The lowest BCUT2D eigenvalue weighted by Crippen LogP contribution is -2.29. The second-order valence-corrected chi connectivity index (χ2v) is 8.46. The summed E-state index contributed by atoms with van der Waals surface area (Å²) in [6.45, 7) is 2.32. The summed E-state index contributed by atoms with van der Waals surface area (Å²) in [4.78, 5) is 31.8. The standard InChI is InChI=1S/C29H26N2O6/c1-4-37-19-9-7-8-17(14-19)31-26(22-16-30-23-11-6-5-10-20(22)23)25(28(33)29(31)34)27(32)21-15-18(35-2)12-13-24(21)36-3/h5-16,26,30,32H,4H2,1-3H3/b27-25+. The maximum Gasteiger partial charge on any atom is 0.300 e. The number of aliphatic hydroxyl groups is 1. The molecule has 2 N–H and O–H groups in total. The van der Waals surface area contributed by atoms with Crippen molar-refractivity contribution in [1.82, 2.24) is 4.98 Å². The van der Waals surface area contributed by atoms with Crippen LogP contribution in [0.4, 0.5) is 5.69 Å². The van der Waals surface area contributed by atoms with Crippen LogP contribution in [0.3, 0.4) is 0 Å². The van der Waals surface area contributed by atoms with Gasteiger partial charge in [0.05, 0.1) is 38.0 Å². The highest BCUT2D eigenvalue weighted by Crippen LogP contribution is 2.46. The van der Waals surface area contributed by atoms with Gasteiger partial charge in [-0.2, -0.15) is 0 Å².